The summed E-state index contributed by atoms with van der Waals surface area (Å²) in [6.07, 6.45) is 22.3. The summed E-state index contributed by atoms with van der Waals surface area (Å²) in [4.78, 5) is 0. The van der Waals surface area contributed by atoms with E-state index in [9.17, 15) is 0 Å². The Morgan fingerprint density at radius 2 is 1.24 bits per heavy atom. The second-order valence-electron chi connectivity index (χ2n) is 10.5. The zero-order valence-corrected chi connectivity index (χ0v) is 21.7. The Morgan fingerprint density at radius 1 is 0.676 bits per heavy atom. The third-order valence-corrected chi connectivity index (χ3v) is 7.66. The lowest BCUT2D eigenvalue weighted by atomic mass is 9.77. The monoisotopic (exact) mass is 454 g/mol. The predicted octanol–water partition coefficient (Wildman–Crippen LogP) is 9.69. The standard InChI is InChI=1S/C34H46/c1-3-5-7-9-11-29-13-17-31(18-14-29)21-23-33-25-27-34(28-26-33)24-22-32-19-15-30(16-20-32)12-10-8-6-4-2/h3,13-14,17-18,25-28,30,32H,1,4-12,15-16,19-20,22,24H2,2H3. The third kappa shape index (κ3) is 9.93. The van der Waals surface area contributed by atoms with E-state index >= 15 is 0 Å². The van der Waals surface area contributed by atoms with Gasteiger partial charge >= 0.3 is 0 Å². The molecule has 2 aromatic carbocycles. The molecule has 0 amide bonds. The van der Waals surface area contributed by atoms with Crippen LogP contribution in [0.4, 0.5) is 0 Å². The van der Waals surface area contributed by atoms with Crippen molar-refractivity contribution in [3.8, 4) is 11.8 Å². The van der Waals surface area contributed by atoms with E-state index in [-0.39, 0.29) is 0 Å². The Hall–Kier alpha value is -2.26. The van der Waals surface area contributed by atoms with Crippen LogP contribution in [0.5, 0.6) is 0 Å². The molecule has 0 bridgehead atoms. The summed E-state index contributed by atoms with van der Waals surface area (Å²) < 4.78 is 0. The Labute approximate surface area is 210 Å². The highest BCUT2D eigenvalue weighted by atomic mass is 14.3. The van der Waals surface area contributed by atoms with Crippen molar-refractivity contribution in [2.75, 3.05) is 0 Å². The number of benzene rings is 2. The van der Waals surface area contributed by atoms with Gasteiger partial charge in [0.25, 0.3) is 0 Å². The van der Waals surface area contributed by atoms with Crippen LogP contribution < -0.4 is 0 Å². The van der Waals surface area contributed by atoms with Crippen molar-refractivity contribution in [1.82, 2.24) is 0 Å². The highest BCUT2D eigenvalue weighted by Gasteiger charge is 2.20. The molecule has 0 atom stereocenters. The van der Waals surface area contributed by atoms with Crippen molar-refractivity contribution in [3.05, 3.63) is 83.4 Å². The second-order valence-corrected chi connectivity index (χ2v) is 10.5. The Bertz CT molecular complexity index is 866. The Kier molecular flexibility index (Phi) is 12.1. The first-order chi connectivity index (χ1) is 16.8. The fraction of sp³-hybridized carbons (Fsp3) is 0.529. The average molecular weight is 455 g/mol. The first kappa shape index (κ1) is 26.3. The minimum atomic E-state index is 0.941. The van der Waals surface area contributed by atoms with Crippen LogP contribution in [0.15, 0.2) is 61.2 Å². The normalized spacial score (nSPS) is 17.7. The number of aryl methyl sites for hydroxylation is 2. The van der Waals surface area contributed by atoms with Crippen LogP contribution >= 0.6 is 0 Å². The van der Waals surface area contributed by atoms with Crippen LogP contribution in [0.2, 0.25) is 0 Å². The molecule has 0 aliphatic heterocycles. The number of hydrogen-bond acceptors (Lipinski definition) is 0. The van der Waals surface area contributed by atoms with Crippen molar-refractivity contribution in [1.29, 1.82) is 0 Å². The molecule has 1 saturated carbocycles. The van der Waals surface area contributed by atoms with E-state index in [0.29, 0.717) is 0 Å². The van der Waals surface area contributed by atoms with E-state index < -0.39 is 0 Å². The molecule has 0 saturated heterocycles. The number of allylic oxidation sites excluding steroid dienone is 1. The van der Waals surface area contributed by atoms with Gasteiger partial charge in [0.2, 0.25) is 0 Å². The zero-order valence-electron chi connectivity index (χ0n) is 21.7. The van der Waals surface area contributed by atoms with E-state index in [4.69, 9.17) is 0 Å². The topological polar surface area (TPSA) is 0 Å². The molecule has 3 rings (SSSR count). The predicted molar refractivity (Wildman–Crippen MR) is 149 cm³/mol. The van der Waals surface area contributed by atoms with Crippen molar-refractivity contribution in [3.63, 3.8) is 0 Å². The van der Waals surface area contributed by atoms with Gasteiger partial charge < -0.3 is 0 Å². The van der Waals surface area contributed by atoms with Gasteiger partial charge in [-0.15, -0.1) is 6.58 Å². The molecule has 2 aromatic rings. The SMILES string of the molecule is C=CCCCCc1ccc(C#Cc2ccc(CCC3CCC(CCCCCC)CC3)cc2)cc1. The lowest BCUT2D eigenvalue weighted by molar-refractivity contribution is 0.249. The quantitative estimate of drug-likeness (QED) is 0.160. The average Bonchev–Trinajstić information content (AvgIpc) is 2.89. The van der Waals surface area contributed by atoms with Gasteiger partial charge in [0.05, 0.1) is 0 Å². The summed E-state index contributed by atoms with van der Waals surface area (Å²) in [5.41, 5.74) is 5.08. The minimum Gasteiger partial charge on any atom is -0.103 e. The van der Waals surface area contributed by atoms with Crippen molar-refractivity contribution < 1.29 is 0 Å². The summed E-state index contributed by atoms with van der Waals surface area (Å²) in [6.45, 7) is 6.10. The number of rotatable bonds is 13. The molecule has 0 radical (unpaired) electrons. The zero-order chi connectivity index (χ0) is 23.8. The van der Waals surface area contributed by atoms with Crippen LogP contribution in [0.3, 0.4) is 0 Å². The molecule has 0 heteroatoms. The molecular weight excluding hydrogens is 408 g/mol. The van der Waals surface area contributed by atoms with Gasteiger partial charge in [-0.3, -0.25) is 0 Å². The van der Waals surface area contributed by atoms with E-state index in [0.717, 1.165) is 35.8 Å². The van der Waals surface area contributed by atoms with E-state index in [1.807, 2.05) is 6.08 Å². The molecule has 0 unspecified atom stereocenters. The first-order valence-electron chi connectivity index (χ1n) is 14.1. The third-order valence-electron chi connectivity index (χ3n) is 7.66. The maximum Gasteiger partial charge on any atom is 0.0249 e. The summed E-state index contributed by atoms with van der Waals surface area (Å²) in [5, 5.41) is 0. The van der Waals surface area contributed by atoms with Crippen LogP contribution in [0, 0.1) is 23.7 Å². The fourth-order valence-electron chi connectivity index (χ4n) is 5.31. The fourth-order valence-corrected chi connectivity index (χ4v) is 5.31. The molecule has 182 valence electrons. The molecule has 0 N–H and O–H groups in total. The van der Waals surface area contributed by atoms with Gasteiger partial charge in [-0.2, -0.15) is 0 Å². The van der Waals surface area contributed by atoms with E-state index in [1.54, 1.807) is 0 Å². The van der Waals surface area contributed by atoms with E-state index in [2.05, 4.69) is 73.9 Å². The lowest BCUT2D eigenvalue weighted by Crippen LogP contribution is -2.15. The molecule has 0 heterocycles. The van der Waals surface area contributed by atoms with Crippen molar-refractivity contribution in [2.45, 2.75) is 103 Å². The first-order valence-corrected chi connectivity index (χ1v) is 14.1. The lowest BCUT2D eigenvalue weighted by Gasteiger charge is -2.28. The van der Waals surface area contributed by atoms with Gasteiger partial charge in [0.1, 0.15) is 0 Å². The number of hydrogen-bond donors (Lipinski definition) is 0. The van der Waals surface area contributed by atoms with Crippen LogP contribution in [-0.4, -0.2) is 0 Å². The van der Waals surface area contributed by atoms with Gasteiger partial charge in [-0.05, 0) is 85.8 Å². The molecule has 1 aliphatic rings. The number of unbranched alkanes of at least 4 members (excludes halogenated alkanes) is 5. The highest BCUT2D eigenvalue weighted by molar-refractivity contribution is 5.44. The molecule has 0 aromatic heterocycles. The molecule has 0 nitrogen and oxygen atoms in total. The smallest absolute Gasteiger partial charge is 0.0249 e. The van der Waals surface area contributed by atoms with Crippen molar-refractivity contribution in [2.24, 2.45) is 11.8 Å². The highest BCUT2D eigenvalue weighted by Crippen LogP contribution is 2.34. The Balaban J connectivity index is 1.36. The maximum absolute atomic E-state index is 3.79. The summed E-state index contributed by atoms with van der Waals surface area (Å²) >= 11 is 0. The van der Waals surface area contributed by atoms with Gasteiger partial charge in [-0.25, -0.2) is 0 Å². The summed E-state index contributed by atoms with van der Waals surface area (Å²) in [6, 6.07) is 17.7. The molecule has 0 spiro atoms. The second kappa shape index (κ2) is 15.6. The van der Waals surface area contributed by atoms with Crippen LogP contribution in [0.25, 0.3) is 0 Å². The van der Waals surface area contributed by atoms with Gasteiger partial charge in [0, 0.05) is 11.1 Å². The minimum absolute atomic E-state index is 0.941. The molecule has 34 heavy (non-hydrogen) atoms. The molecule has 1 aliphatic carbocycles. The summed E-state index contributed by atoms with van der Waals surface area (Å²) in [5.74, 6) is 8.63. The largest absolute Gasteiger partial charge is 0.103 e. The van der Waals surface area contributed by atoms with Crippen LogP contribution in [-0.2, 0) is 12.8 Å². The summed E-state index contributed by atoms with van der Waals surface area (Å²) in [7, 11) is 0. The van der Waals surface area contributed by atoms with Crippen molar-refractivity contribution >= 4 is 0 Å². The maximum atomic E-state index is 3.79. The molecular formula is C34H46. The van der Waals surface area contributed by atoms with Gasteiger partial charge in [-0.1, -0.05) is 107 Å². The molecule has 1 fully saturated rings. The Morgan fingerprint density at radius 3 is 1.79 bits per heavy atom. The van der Waals surface area contributed by atoms with Gasteiger partial charge in [0.15, 0.2) is 0 Å². The van der Waals surface area contributed by atoms with Crippen LogP contribution in [0.1, 0.15) is 113 Å². The van der Waals surface area contributed by atoms with E-state index in [1.165, 1.54) is 94.6 Å².